The molecule has 1 saturated heterocycles. The summed E-state index contributed by atoms with van der Waals surface area (Å²) in [5, 5.41) is 12.9. The predicted molar refractivity (Wildman–Crippen MR) is 94.0 cm³/mol. The molecule has 3 atom stereocenters. The number of hydrogen-bond acceptors (Lipinski definition) is 6. The van der Waals surface area contributed by atoms with Crippen molar-refractivity contribution < 1.29 is 4.92 Å². The SMILES string of the molecule is C[C@H]1CN2C(=N[C@@H](c3ccccn3)[C@@H]2c2ccccc2[N+](=O)[O-])S1. The van der Waals surface area contributed by atoms with Gasteiger partial charge >= 0.3 is 0 Å². The number of para-hydroxylation sites is 1. The Balaban J connectivity index is 1.83. The van der Waals surface area contributed by atoms with Gasteiger partial charge < -0.3 is 4.90 Å². The van der Waals surface area contributed by atoms with E-state index >= 15 is 0 Å². The minimum Gasteiger partial charge on any atom is -0.340 e. The maximum absolute atomic E-state index is 11.5. The third-order valence-electron chi connectivity index (χ3n) is 4.33. The summed E-state index contributed by atoms with van der Waals surface area (Å²) in [5.41, 5.74) is 1.69. The van der Waals surface area contributed by atoms with Gasteiger partial charge in [-0.3, -0.25) is 20.1 Å². The van der Waals surface area contributed by atoms with Crippen molar-refractivity contribution in [3.8, 4) is 0 Å². The van der Waals surface area contributed by atoms with Gasteiger partial charge in [-0.2, -0.15) is 0 Å². The molecule has 0 saturated carbocycles. The van der Waals surface area contributed by atoms with Crippen LogP contribution in [0.2, 0.25) is 0 Å². The van der Waals surface area contributed by atoms with Gasteiger partial charge in [0.2, 0.25) is 0 Å². The summed E-state index contributed by atoms with van der Waals surface area (Å²) in [7, 11) is 0. The van der Waals surface area contributed by atoms with Crippen LogP contribution in [0.1, 0.15) is 30.3 Å². The third kappa shape index (κ3) is 2.45. The number of thioether (sulfide) groups is 1. The number of pyridine rings is 1. The smallest absolute Gasteiger partial charge is 0.274 e. The zero-order chi connectivity index (χ0) is 16.7. The standard InChI is InChI=1S/C17H16N4O2S/c1-11-10-20-16(12-6-2-3-8-14(12)21(22)23)15(19-17(20)24-11)13-7-4-5-9-18-13/h2-9,11,15-16H,10H2,1H3/t11-,15-,16-/m0/s1. The van der Waals surface area contributed by atoms with Gasteiger partial charge in [0.1, 0.15) is 6.04 Å². The van der Waals surface area contributed by atoms with E-state index in [1.165, 1.54) is 0 Å². The van der Waals surface area contributed by atoms with E-state index in [0.29, 0.717) is 10.8 Å². The number of nitrogens with zero attached hydrogens (tertiary/aromatic N) is 4. The molecule has 2 aromatic rings. The molecule has 1 fully saturated rings. The second kappa shape index (κ2) is 5.90. The highest BCUT2D eigenvalue weighted by Crippen LogP contribution is 2.49. The molecule has 1 aromatic carbocycles. The highest BCUT2D eigenvalue weighted by molar-refractivity contribution is 8.14. The lowest BCUT2D eigenvalue weighted by molar-refractivity contribution is -0.386. The molecule has 6 nitrogen and oxygen atoms in total. The Hall–Kier alpha value is -2.41. The molecule has 0 spiro atoms. The van der Waals surface area contributed by atoms with Crippen LogP contribution in [0, 0.1) is 10.1 Å². The van der Waals surface area contributed by atoms with Crippen molar-refractivity contribution >= 4 is 22.6 Å². The topological polar surface area (TPSA) is 71.6 Å². The summed E-state index contributed by atoms with van der Waals surface area (Å²) in [6, 6.07) is 12.3. The fourth-order valence-electron chi connectivity index (χ4n) is 3.36. The van der Waals surface area contributed by atoms with E-state index in [9.17, 15) is 10.1 Å². The summed E-state index contributed by atoms with van der Waals surface area (Å²) in [5.74, 6) is 0. The first-order chi connectivity index (χ1) is 11.6. The lowest BCUT2D eigenvalue weighted by Gasteiger charge is -2.27. The number of fused-ring (bicyclic) bond motifs is 1. The fraction of sp³-hybridized carbons (Fsp3) is 0.294. The molecule has 24 heavy (non-hydrogen) atoms. The van der Waals surface area contributed by atoms with Crippen molar-refractivity contribution in [3.05, 3.63) is 70.0 Å². The first-order valence-corrected chi connectivity index (χ1v) is 8.68. The Labute approximate surface area is 143 Å². The maximum atomic E-state index is 11.5. The molecule has 0 aliphatic carbocycles. The average molecular weight is 340 g/mol. The maximum Gasteiger partial charge on any atom is 0.274 e. The van der Waals surface area contributed by atoms with Crippen LogP contribution in [-0.2, 0) is 0 Å². The van der Waals surface area contributed by atoms with E-state index in [1.54, 1.807) is 30.1 Å². The lowest BCUT2D eigenvalue weighted by Crippen LogP contribution is -2.29. The highest BCUT2D eigenvalue weighted by Gasteiger charge is 2.45. The average Bonchev–Trinajstić information content (AvgIpc) is 3.11. The van der Waals surface area contributed by atoms with Crippen LogP contribution >= 0.6 is 11.8 Å². The van der Waals surface area contributed by atoms with Crippen LogP contribution in [0.3, 0.4) is 0 Å². The largest absolute Gasteiger partial charge is 0.340 e. The van der Waals surface area contributed by atoms with Crippen LogP contribution < -0.4 is 0 Å². The molecule has 0 N–H and O–H groups in total. The molecular weight excluding hydrogens is 324 g/mol. The minimum atomic E-state index is -0.310. The number of nitro groups is 1. The molecule has 2 aliphatic rings. The lowest BCUT2D eigenvalue weighted by atomic mass is 9.95. The van der Waals surface area contributed by atoms with E-state index < -0.39 is 0 Å². The second-order valence-electron chi connectivity index (χ2n) is 5.95. The molecule has 7 heteroatoms. The summed E-state index contributed by atoms with van der Waals surface area (Å²) in [6.45, 7) is 2.99. The summed E-state index contributed by atoms with van der Waals surface area (Å²) in [4.78, 5) is 22.7. The summed E-state index contributed by atoms with van der Waals surface area (Å²) >= 11 is 1.73. The van der Waals surface area contributed by atoms with E-state index in [1.807, 2.05) is 30.3 Å². The van der Waals surface area contributed by atoms with Crippen molar-refractivity contribution in [3.63, 3.8) is 0 Å². The molecular formula is C17H16N4O2S. The molecule has 3 heterocycles. The monoisotopic (exact) mass is 340 g/mol. The summed E-state index contributed by atoms with van der Waals surface area (Å²) in [6.07, 6.45) is 1.74. The van der Waals surface area contributed by atoms with Gasteiger partial charge in [0, 0.05) is 24.1 Å². The van der Waals surface area contributed by atoms with Crippen LogP contribution in [0.15, 0.2) is 53.7 Å². The van der Waals surface area contributed by atoms with E-state index in [-0.39, 0.29) is 22.7 Å². The fourth-order valence-corrected chi connectivity index (χ4v) is 4.45. The van der Waals surface area contributed by atoms with Crippen molar-refractivity contribution in [1.82, 2.24) is 9.88 Å². The van der Waals surface area contributed by atoms with Crippen molar-refractivity contribution in [2.45, 2.75) is 24.3 Å². The van der Waals surface area contributed by atoms with Gasteiger partial charge in [-0.05, 0) is 18.2 Å². The highest BCUT2D eigenvalue weighted by atomic mass is 32.2. The Bertz CT molecular complexity index is 811. The van der Waals surface area contributed by atoms with Gasteiger partial charge in [-0.1, -0.05) is 36.9 Å². The summed E-state index contributed by atoms with van der Waals surface area (Å²) < 4.78 is 0. The van der Waals surface area contributed by atoms with Crippen LogP contribution in [0.5, 0.6) is 0 Å². The number of amidine groups is 1. The molecule has 122 valence electrons. The predicted octanol–water partition coefficient (Wildman–Crippen LogP) is 3.58. The van der Waals surface area contributed by atoms with Gasteiger partial charge in [0.15, 0.2) is 5.17 Å². The molecule has 4 rings (SSSR count). The van der Waals surface area contributed by atoms with Crippen molar-refractivity contribution in [2.75, 3.05) is 6.54 Å². The molecule has 2 aliphatic heterocycles. The Kier molecular flexibility index (Phi) is 3.72. The molecule has 0 bridgehead atoms. The van der Waals surface area contributed by atoms with E-state index in [0.717, 1.165) is 17.4 Å². The second-order valence-corrected chi connectivity index (χ2v) is 7.36. The van der Waals surface area contributed by atoms with Crippen LogP contribution in [0.4, 0.5) is 5.69 Å². The van der Waals surface area contributed by atoms with Crippen LogP contribution in [-0.4, -0.2) is 31.8 Å². The third-order valence-corrected chi connectivity index (χ3v) is 5.44. The first-order valence-electron chi connectivity index (χ1n) is 7.80. The van der Waals surface area contributed by atoms with Crippen LogP contribution in [0.25, 0.3) is 0 Å². The van der Waals surface area contributed by atoms with Gasteiger partial charge in [0.25, 0.3) is 5.69 Å². The van der Waals surface area contributed by atoms with E-state index in [2.05, 4.69) is 16.8 Å². The number of benzene rings is 1. The Morgan fingerprint density at radius 1 is 1.25 bits per heavy atom. The minimum absolute atomic E-state index is 0.143. The number of hydrogen-bond donors (Lipinski definition) is 0. The number of aromatic nitrogens is 1. The first kappa shape index (κ1) is 15.1. The molecule has 1 aromatic heterocycles. The van der Waals surface area contributed by atoms with Gasteiger partial charge in [0.05, 0.1) is 22.2 Å². The van der Waals surface area contributed by atoms with Gasteiger partial charge in [-0.25, -0.2) is 0 Å². The Morgan fingerprint density at radius 2 is 2.04 bits per heavy atom. The zero-order valence-corrected chi connectivity index (χ0v) is 13.9. The quantitative estimate of drug-likeness (QED) is 0.631. The molecule has 0 unspecified atom stereocenters. The van der Waals surface area contributed by atoms with Crippen molar-refractivity contribution in [1.29, 1.82) is 0 Å². The number of rotatable bonds is 3. The number of nitro benzene ring substituents is 1. The number of aliphatic imine (C=N–C) groups is 1. The van der Waals surface area contributed by atoms with Gasteiger partial charge in [-0.15, -0.1) is 0 Å². The molecule has 0 radical (unpaired) electrons. The van der Waals surface area contributed by atoms with Crippen molar-refractivity contribution in [2.24, 2.45) is 4.99 Å². The molecule has 0 amide bonds. The van der Waals surface area contributed by atoms with E-state index in [4.69, 9.17) is 4.99 Å². The zero-order valence-electron chi connectivity index (χ0n) is 13.1. The Morgan fingerprint density at radius 3 is 2.79 bits per heavy atom. The normalized spacial score (nSPS) is 25.5.